The molecule has 1 aliphatic rings. The lowest BCUT2D eigenvalue weighted by atomic mass is 9.86. The minimum Gasteiger partial charge on any atom is -0.349 e. The lowest BCUT2D eigenvalue weighted by molar-refractivity contribution is -0.127. The molecule has 1 amide bonds. The van der Waals surface area contributed by atoms with Crippen LogP contribution in [0.1, 0.15) is 40.0 Å². The first-order chi connectivity index (χ1) is 6.33. The fourth-order valence-electron chi connectivity index (χ4n) is 1.51. The van der Waals surface area contributed by atoms with E-state index in [0.29, 0.717) is 0 Å². The van der Waals surface area contributed by atoms with E-state index in [1.165, 1.54) is 0 Å². The van der Waals surface area contributed by atoms with E-state index in [1.807, 2.05) is 0 Å². The summed E-state index contributed by atoms with van der Waals surface area (Å²) in [6, 6.07) is 0. The van der Waals surface area contributed by atoms with Gasteiger partial charge in [-0.25, -0.2) is 0 Å². The number of amides is 1. The van der Waals surface area contributed by atoms with E-state index in [9.17, 15) is 4.79 Å². The van der Waals surface area contributed by atoms with Crippen LogP contribution in [0.2, 0.25) is 0 Å². The van der Waals surface area contributed by atoms with Crippen LogP contribution in [0.4, 0.5) is 0 Å². The van der Waals surface area contributed by atoms with Crippen molar-refractivity contribution in [2.24, 2.45) is 5.73 Å². The summed E-state index contributed by atoms with van der Waals surface area (Å²) in [5.74, 6) is -0.0738. The summed E-state index contributed by atoms with van der Waals surface area (Å²) in [7, 11) is 0. The van der Waals surface area contributed by atoms with Crippen molar-refractivity contribution in [2.45, 2.75) is 51.1 Å². The second-order valence-corrected chi connectivity index (χ2v) is 4.95. The van der Waals surface area contributed by atoms with Gasteiger partial charge in [0.1, 0.15) is 0 Å². The van der Waals surface area contributed by atoms with Crippen LogP contribution >= 0.6 is 0 Å². The summed E-state index contributed by atoms with van der Waals surface area (Å²) in [6.45, 7) is 5.52. The molecule has 0 bridgehead atoms. The molecule has 1 atom stereocenters. The summed E-state index contributed by atoms with van der Waals surface area (Å²) >= 11 is 0. The highest BCUT2D eigenvalue weighted by Crippen LogP contribution is 2.23. The van der Waals surface area contributed by atoms with Crippen LogP contribution in [0.15, 0.2) is 12.2 Å². The lowest BCUT2D eigenvalue weighted by Crippen LogP contribution is -2.56. The van der Waals surface area contributed by atoms with Crippen LogP contribution in [0, 0.1) is 0 Å². The molecule has 0 aliphatic heterocycles. The van der Waals surface area contributed by atoms with Crippen molar-refractivity contribution in [3.05, 3.63) is 12.2 Å². The van der Waals surface area contributed by atoms with E-state index in [1.54, 1.807) is 13.8 Å². The average molecular weight is 196 g/mol. The molecular formula is C11H20N2O. The number of allylic oxidation sites excluding steroid dienone is 1. The molecule has 0 fully saturated rings. The molecule has 0 aromatic carbocycles. The molecule has 0 aromatic rings. The topological polar surface area (TPSA) is 55.1 Å². The fraction of sp³-hybridized carbons (Fsp3) is 0.727. The van der Waals surface area contributed by atoms with E-state index < -0.39 is 5.54 Å². The molecule has 1 aliphatic carbocycles. The zero-order valence-corrected chi connectivity index (χ0v) is 9.26. The van der Waals surface area contributed by atoms with Gasteiger partial charge in [-0.2, -0.15) is 0 Å². The third kappa shape index (κ3) is 2.84. The van der Waals surface area contributed by atoms with Gasteiger partial charge in [0, 0.05) is 5.54 Å². The number of carbonyl (C=O) groups excluding carboxylic acids is 1. The van der Waals surface area contributed by atoms with Crippen LogP contribution in [0.5, 0.6) is 0 Å². The van der Waals surface area contributed by atoms with Crippen molar-refractivity contribution in [2.75, 3.05) is 0 Å². The fourth-order valence-corrected chi connectivity index (χ4v) is 1.51. The molecule has 0 heterocycles. The van der Waals surface area contributed by atoms with Crippen molar-refractivity contribution in [1.82, 2.24) is 5.32 Å². The molecule has 0 saturated carbocycles. The predicted molar refractivity (Wildman–Crippen MR) is 57.8 cm³/mol. The summed E-state index contributed by atoms with van der Waals surface area (Å²) in [6.07, 6.45) is 7.19. The average Bonchev–Trinajstić information content (AvgIpc) is 2.02. The summed E-state index contributed by atoms with van der Waals surface area (Å²) in [5, 5.41) is 3.02. The molecule has 1 rings (SSSR count). The Balaban J connectivity index is 2.59. The minimum atomic E-state index is -0.788. The standard InChI is InChI=1S/C11H20N2O/c1-10(2,12)9(14)13-11(3)7-5-4-6-8-11/h4-5H,6-8,12H2,1-3H3,(H,13,14). The number of hydrogen-bond acceptors (Lipinski definition) is 2. The maximum Gasteiger partial charge on any atom is 0.239 e. The van der Waals surface area contributed by atoms with E-state index in [2.05, 4.69) is 24.4 Å². The van der Waals surface area contributed by atoms with Gasteiger partial charge in [-0.05, 0) is 40.0 Å². The Bertz CT molecular complexity index is 253. The smallest absolute Gasteiger partial charge is 0.239 e. The Kier molecular flexibility index (Phi) is 3.00. The normalized spacial score (nSPS) is 27.4. The van der Waals surface area contributed by atoms with Gasteiger partial charge in [0.15, 0.2) is 0 Å². The van der Waals surface area contributed by atoms with E-state index in [0.717, 1.165) is 19.3 Å². The molecule has 3 N–H and O–H groups in total. The Labute approximate surface area is 85.7 Å². The van der Waals surface area contributed by atoms with Gasteiger partial charge in [0.05, 0.1) is 5.54 Å². The van der Waals surface area contributed by atoms with Crippen LogP contribution in [-0.2, 0) is 4.79 Å². The second kappa shape index (κ2) is 3.73. The lowest BCUT2D eigenvalue weighted by Gasteiger charge is -2.34. The summed E-state index contributed by atoms with van der Waals surface area (Å²) in [4.78, 5) is 11.7. The van der Waals surface area contributed by atoms with Gasteiger partial charge < -0.3 is 11.1 Å². The maximum atomic E-state index is 11.7. The first-order valence-corrected chi connectivity index (χ1v) is 5.10. The van der Waals surface area contributed by atoms with Crippen molar-refractivity contribution < 1.29 is 4.79 Å². The number of carbonyl (C=O) groups is 1. The highest BCUT2D eigenvalue weighted by atomic mass is 16.2. The van der Waals surface area contributed by atoms with Gasteiger partial charge in [-0.15, -0.1) is 0 Å². The zero-order valence-electron chi connectivity index (χ0n) is 9.26. The monoisotopic (exact) mass is 196 g/mol. The molecule has 0 radical (unpaired) electrons. The molecule has 80 valence electrons. The Morgan fingerprint density at radius 3 is 2.57 bits per heavy atom. The quantitative estimate of drug-likeness (QED) is 0.655. The predicted octanol–water partition coefficient (Wildman–Crippen LogP) is 1.34. The maximum absolute atomic E-state index is 11.7. The summed E-state index contributed by atoms with van der Waals surface area (Å²) < 4.78 is 0. The molecule has 3 nitrogen and oxygen atoms in total. The van der Waals surface area contributed by atoms with Crippen molar-refractivity contribution in [3.8, 4) is 0 Å². The van der Waals surface area contributed by atoms with Gasteiger partial charge >= 0.3 is 0 Å². The summed E-state index contributed by atoms with van der Waals surface area (Å²) in [5.41, 5.74) is 4.83. The molecule has 14 heavy (non-hydrogen) atoms. The highest BCUT2D eigenvalue weighted by molar-refractivity contribution is 5.85. The van der Waals surface area contributed by atoms with E-state index in [-0.39, 0.29) is 11.4 Å². The second-order valence-electron chi connectivity index (χ2n) is 4.95. The molecule has 0 spiro atoms. The third-order valence-electron chi connectivity index (χ3n) is 2.60. The van der Waals surface area contributed by atoms with E-state index in [4.69, 9.17) is 5.73 Å². The molecule has 0 aromatic heterocycles. The van der Waals surface area contributed by atoms with Crippen LogP contribution in [0.3, 0.4) is 0 Å². The molecule has 3 heteroatoms. The van der Waals surface area contributed by atoms with Gasteiger partial charge in [0.25, 0.3) is 0 Å². The number of nitrogens with one attached hydrogen (secondary N) is 1. The zero-order chi connectivity index (χ0) is 10.8. The first-order valence-electron chi connectivity index (χ1n) is 5.10. The van der Waals surface area contributed by atoms with Gasteiger partial charge in [-0.3, -0.25) is 4.79 Å². The largest absolute Gasteiger partial charge is 0.349 e. The Hall–Kier alpha value is -0.830. The van der Waals surface area contributed by atoms with Crippen molar-refractivity contribution in [1.29, 1.82) is 0 Å². The third-order valence-corrected chi connectivity index (χ3v) is 2.60. The molecular weight excluding hydrogens is 176 g/mol. The van der Waals surface area contributed by atoms with Gasteiger partial charge in [-0.1, -0.05) is 12.2 Å². The van der Waals surface area contributed by atoms with E-state index >= 15 is 0 Å². The van der Waals surface area contributed by atoms with Crippen LogP contribution in [-0.4, -0.2) is 17.0 Å². The first kappa shape index (κ1) is 11.2. The Morgan fingerprint density at radius 1 is 1.50 bits per heavy atom. The molecule has 0 saturated heterocycles. The number of nitrogens with two attached hydrogens (primary N) is 1. The van der Waals surface area contributed by atoms with Crippen molar-refractivity contribution in [3.63, 3.8) is 0 Å². The van der Waals surface area contributed by atoms with Crippen LogP contribution < -0.4 is 11.1 Å². The van der Waals surface area contributed by atoms with Gasteiger partial charge in [0.2, 0.25) is 5.91 Å². The minimum absolute atomic E-state index is 0.0738. The Morgan fingerprint density at radius 2 is 2.14 bits per heavy atom. The highest BCUT2D eigenvalue weighted by Gasteiger charge is 2.31. The molecule has 1 unspecified atom stereocenters. The number of rotatable bonds is 2. The SMILES string of the molecule is CC1(NC(=O)C(C)(C)N)CC=CCC1. The van der Waals surface area contributed by atoms with Crippen LogP contribution in [0.25, 0.3) is 0 Å². The number of hydrogen-bond donors (Lipinski definition) is 2. The van der Waals surface area contributed by atoms with Crippen molar-refractivity contribution >= 4 is 5.91 Å².